The number of sulfonamides is 1. The molecule has 0 aliphatic carbocycles. The number of nitrogens with zero attached hydrogens (tertiary/aromatic N) is 5. The van der Waals surface area contributed by atoms with Crippen molar-refractivity contribution in [3.8, 4) is 23.0 Å². The van der Waals surface area contributed by atoms with E-state index in [4.69, 9.17) is 18.9 Å². The molecule has 2 aliphatic heterocycles. The van der Waals surface area contributed by atoms with E-state index in [1.54, 1.807) is 12.1 Å². The molecular weight excluding hydrogens is 592 g/mol. The van der Waals surface area contributed by atoms with Gasteiger partial charge in [-0.1, -0.05) is 18.2 Å². The third kappa shape index (κ3) is 5.64. The number of likely N-dealkylation sites (N-methyl/N-ethyl adjacent to an activating group) is 1. The summed E-state index contributed by atoms with van der Waals surface area (Å²) in [6.07, 6.45) is 1.77. The van der Waals surface area contributed by atoms with Crippen molar-refractivity contribution in [3.05, 3.63) is 70.5 Å². The van der Waals surface area contributed by atoms with Gasteiger partial charge in [0.25, 0.3) is 5.69 Å². The van der Waals surface area contributed by atoms with Gasteiger partial charge in [-0.25, -0.2) is 18.4 Å². The Labute approximate surface area is 253 Å². The van der Waals surface area contributed by atoms with Crippen LogP contribution in [0, 0.1) is 10.1 Å². The molecule has 44 heavy (non-hydrogen) atoms. The molecule has 14 nitrogen and oxygen atoms in total. The predicted octanol–water partition coefficient (Wildman–Crippen LogP) is 3.92. The number of fused-ring (bicyclic) bond motifs is 4. The van der Waals surface area contributed by atoms with Crippen molar-refractivity contribution in [2.24, 2.45) is 0 Å². The molecule has 0 atom stereocenters. The Morgan fingerprint density at radius 3 is 2.68 bits per heavy atom. The van der Waals surface area contributed by atoms with Crippen LogP contribution in [0.2, 0.25) is 0 Å². The van der Waals surface area contributed by atoms with Crippen molar-refractivity contribution in [1.29, 1.82) is 0 Å². The first-order chi connectivity index (χ1) is 21.3. The van der Waals surface area contributed by atoms with Crippen LogP contribution in [0.4, 0.5) is 17.2 Å². The van der Waals surface area contributed by atoms with E-state index in [2.05, 4.69) is 15.3 Å². The van der Waals surface area contributed by atoms with E-state index in [1.807, 2.05) is 24.1 Å². The van der Waals surface area contributed by atoms with Gasteiger partial charge in [0.15, 0.2) is 27.9 Å². The lowest BCUT2D eigenvalue weighted by molar-refractivity contribution is -0.387. The lowest BCUT2D eigenvalue weighted by atomic mass is 10.1. The Morgan fingerprint density at radius 1 is 1.02 bits per heavy atom. The highest BCUT2D eigenvalue weighted by atomic mass is 32.2. The zero-order chi connectivity index (χ0) is 30.8. The van der Waals surface area contributed by atoms with Crippen LogP contribution in [0.15, 0.2) is 59.8 Å². The summed E-state index contributed by atoms with van der Waals surface area (Å²) < 4.78 is 52.0. The fourth-order valence-electron chi connectivity index (χ4n) is 5.23. The smallest absolute Gasteiger partial charge is 0.289 e. The summed E-state index contributed by atoms with van der Waals surface area (Å²) >= 11 is 0. The molecule has 6 rings (SSSR count). The molecule has 1 aromatic heterocycles. The van der Waals surface area contributed by atoms with Crippen LogP contribution >= 0.6 is 0 Å². The molecule has 230 valence electrons. The minimum atomic E-state index is -4.22. The number of hydrogen-bond acceptors (Lipinski definition) is 12. The summed E-state index contributed by atoms with van der Waals surface area (Å²) in [6, 6.07) is 12.6. The van der Waals surface area contributed by atoms with Gasteiger partial charge < -0.3 is 29.2 Å². The summed E-state index contributed by atoms with van der Waals surface area (Å²) in [5.41, 5.74) is 1.66. The normalized spacial score (nSPS) is 16.2. The first-order valence-corrected chi connectivity index (χ1v) is 15.3. The molecule has 0 radical (unpaired) electrons. The number of para-hydroxylation sites is 1. The first kappa shape index (κ1) is 29.3. The molecule has 2 aliphatic rings. The zero-order valence-corrected chi connectivity index (χ0v) is 24.9. The lowest BCUT2D eigenvalue weighted by Gasteiger charge is -2.26. The number of benzene rings is 3. The van der Waals surface area contributed by atoms with E-state index in [0.717, 1.165) is 5.56 Å². The van der Waals surface area contributed by atoms with E-state index in [9.17, 15) is 18.5 Å². The number of nitrogens with one attached hydrogen (secondary N) is 1. The van der Waals surface area contributed by atoms with Crippen LogP contribution < -0.4 is 24.3 Å². The minimum absolute atomic E-state index is 0.0709. The van der Waals surface area contributed by atoms with Crippen LogP contribution in [0.3, 0.4) is 0 Å². The van der Waals surface area contributed by atoms with E-state index >= 15 is 0 Å². The highest BCUT2D eigenvalue weighted by Crippen LogP contribution is 2.44. The second-order valence-corrected chi connectivity index (χ2v) is 12.2. The Hall–Kier alpha value is -4.73. The Balaban J connectivity index is 1.42. The van der Waals surface area contributed by atoms with Gasteiger partial charge in [0.2, 0.25) is 16.8 Å². The van der Waals surface area contributed by atoms with Gasteiger partial charge >= 0.3 is 0 Å². The number of ether oxygens (including phenoxy) is 4. The summed E-state index contributed by atoms with van der Waals surface area (Å²) in [7, 11) is -0.827. The van der Waals surface area contributed by atoms with Gasteiger partial charge in [0.1, 0.15) is 12.1 Å². The van der Waals surface area contributed by atoms with Crippen molar-refractivity contribution in [1.82, 2.24) is 19.2 Å². The van der Waals surface area contributed by atoms with Gasteiger partial charge in [-0.15, -0.1) is 0 Å². The summed E-state index contributed by atoms with van der Waals surface area (Å²) in [4.78, 5) is 21.5. The fraction of sp³-hybridized carbons (Fsp3) is 0.310. The maximum atomic E-state index is 13.8. The van der Waals surface area contributed by atoms with Gasteiger partial charge in [-0.3, -0.25) is 10.1 Å². The van der Waals surface area contributed by atoms with E-state index < -0.39 is 20.6 Å². The molecule has 3 aromatic carbocycles. The topological polar surface area (TPSA) is 158 Å². The largest absolute Gasteiger partial charge is 0.493 e. The SMILES string of the molecule is COc1cc2ncnc3c2cc1OCCCN(S(=O)(=O)c1ccccc1[N+](=O)[O-])CCN(C)Cc1ccc2c(c1N3)OCO2. The van der Waals surface area contributed by atoms with Crippen LogP contribution in [0.25, 0.3) is 10.9 Å². The molecule has 0 fully saturated rings. The Bertz CT molecular complexity index is 1840. The lowest BCUT2D eigenvalue weighted by Crippen LogP contribution is -2.38. The molecule has 2 bridgehead atoms. The third-order valence-electron chi connectivity index (χ3n) is 7.45. The van der Waals surface area contributed by atoms with Crippen molar-refractivity contribution in [2.45, 2.75) is 17.9 Å². The number of aromatic nitrogens is 2. The Kier molecular flexibility index (Phi) is 8.07. The molecule has 0 saturated carbocycles. The van der Waals surface area contributed by atoms with Crippen LogP contribution in [0.5, 0.6) is 23.0 Å². The molecule has 0 saturated heterocycles. The molecule has 0 amide bonds. The second-order valence-electron chi connectivity index (χ2n) is 10.3. The maximum Gasteiger partial charge on any atom is 0.289 e. The summed E-state index contributed by atoms with van der Waals surface area (Å²) in [5.74, 6) is 2.53. The number of nitro benzene ring substituents is 1. The van der Waals surface area contributed by atoms with Gasteiger partial charge in [-0.05, 0) is 37.2 Å². The van der Waals surface area contributed by atoms with Crippen LogP contribution in [0.1, 0.15) is 12.0 Å². The molecule has 15 heteroatoms. The third-order valence-corrected chi connectivity index (χ3v) is 9.40. The van der Waals surface area contributed by atoms with Gasteiger partial charge in [0.05, 0.1) is 29.8 Å². The molecule has 0 spiro atoms. The molecule has 4 aromatic rings. The quantitative estimate of drug-likeness (QED) is 0.259. The standard InChI is InChI=1S/C29H30N6O8S/c1-33-11-12-34(44(38,39)26-7-4-3-6-22(26)35(36)37)10-5-13-41-25-14-20-21(15-24(25)40-2)30-17-31-29(20)32-27-19(16-33)8-9-23-28(27)43-18-42-23/h3-4,6-9,14-15,17H,5,10-13,16,18H2,1-2H3,(H,30,31,32). The first-order valence-electron chi connectivity index (χ1n) is 13.8. The predicted molar refractivity (Wildman–Crippen MR) is 160 cm³/mol. The highest BCUT2D eigenvalue weighted by molar-refractivity contribution is 7.89. The minimum Gasteiger partial charge on any atom is -0.493 e. The van der Waals surface area contributed by atoms with Gasteiger partial charge in [0, 0.05) is 43.7 Å². The van der Waals surface area contributed by atoms with Crippen LogP contribution in [-0.2, 0) is 16.6 Å². The summed E-state index contributed by atoms with van der Waals surface area (Å²) in [5, 5.41) is 15.8. The maximum absolute atomic E-state index is 13.8. The van der Waals surface area contributed by atoms with Crippen molar-refractivity contribution < 1.29 is 32.3 Å². The molecular formula is C29H30N6O8S. The van der Waals surface area contributed by atoms with Crippen molar-refractivity contribution in [3.63, 3.8) is 0 Å². The number of rotatable bonds is 4. The van der Waals surface area contributed by atoms with E-state index in [-0.39, 0.29) is 31.4 Å². The van der Waals surface area contributed by atoms with Gasteiger partial charge in [-0.2, -0.15) is 4.31 Å². The average molecular weight is 623 g/mol. The Morgan fingerprint density at radius 2 is 1.86 bits per heavy atom. The monoisotopic (exact) mass is 622 g/mol. The second kappa shape index (κ2) is 12.1. The van der Waals surface area contributed by atoms with Crippen molar-refractivity contribution in [2.75, 3.05) is 52.5 Å². The number of anilines is 2. The number of hydrogen-bond donors (Lipinski definition) is 1. The number of methoxy groups -OCH3 is 1. The fourth-order valence-corrected chi connectivity index (χ4v) is 6.86. The highest BCUT2D eigenvalue weighted by Gasteiger charge is 2.31. The van der Waals surface area contributed by atoms with E-state index in [1.165, 1.54) is 42.0 Å². The zero-order valence-electron chi connectivity index (χ0n) is 24.1. The van der Waals surface area contributed by atoms with Crippen LogP contribution in [-0.4, -0.2) is 79.7 Å². The number of nitro groups is 1. The molecule has 3 heterocycles. The average Bonchev–Trinajstić information content (AvgIpc) is 3.50. The van der Waals surface area contributed by atoms with E-state index in [0.29, 0.717) is 64.9 Å². The van der Waals surface area contributed by atoms with Crippen molar-refractivity contribution >= 4 is 38.1 Å². The molecule has 1 N–H and O–H groups in total. The summed E-state index contributed by atoms with van der Waals surface area (Å²) in [6.45, 7) is 1.13. The molecule has 0 unspecified atom stereocenters.